The van der Waals surface area contributed by atoms with Gasteiger partial charge in [0.05, 0.1) is 11.6 Å². The van der Waals surface area contributed by atoms with Crippen LogP contribution in [0.1, 0.15) is 16.6 Å². The van der Waals surface area contributed by atoms with Crippen molar-refractivity contribution in [3.8, 4) is 0 Å². The van der Waals surface area contributed by atoms with Crippen LogP contribution in [0.25, 0.3) is 10.1 Å². The van der Waals surface area contributed by atoms with Crippen LogP contribution in [0.15, 0.2) is 24.3 Å². The molecular weight excluding hydrogens is 354 g/mol. The lowest BCUT2D eigenvalue weighted by Gasteiger charge is -2.33. The van der Waals surface area contributed by atoms with Crippen LogP contribution in [0, 0.1) is 0 Å². The maximum absolute atomic E-state index is 12.9. The van der Waals surface area contributed by atoms with Gasteiger partial charge in [-0.3, -0.25) is 4.79 Å². The molecule has 0 saturated carbocycles. The number of hydrogen-bond donors (Lipinski definition) is 0. The first-order chi connectivity index (χ1) is 11.1. The van der Waals surface area contributed by atoms with Gasteiger partial charge in [0, 0.05) is 28.1 Å². The van der Waals surface area contributed by atoms with Crippen LogP contribution in [0.4, 0.5) is 0 Å². The number of thiophene rings is 1. The molecule has 2 aromatic rings. The first-order valence-electron chi connectivity index (χ1n) is 7.36. The van der Waals surface area contributed by atoms with Crippen LogP contribution in [-0.4, -0.2) is 47.5 Å². The molecule has 7 heteroatoms. The predicted octanol–water partition coefficient (Wildman–Crippen LogP) is 3.68. The second-order valence-electron chi connectivity index (χ2n) is 5.08. The highest BCUT2D eigenvalue weighted by molar-refractivity contribution is 7.99. The van der Waals surface area contributed by atoms with Gasteiger partial charge in [0.15, 0.2) is 0 Å². The third-order valence-electron chi connectivity index (χ3n) is 3.68. The summed E-state index contributed by atoms with van der Waals surface area (Å²) in [7, 11) is 0. The first kappa shape index (κ1) is 16.6. The van der Waals surface area contributed by atoms with E-state index >= 15 is 0 Å². The lowest BCUT2D eigenvalue weighted by Crippen LogP contribution is -2.50. The van der Waals surface area contributed by atoms with E-state index in [-0.39, 0.29) is 11.9 Å². The fourth-order valence-corrected chi connectivity index (χ4v) is 5.06. The number of halogens is 1. The third kappa shape index (κ3) is 3.20. The van der Waals surface area contributed by atoms with Crippen molar-refractivity contribution in [1.82, 2.24) is 4.90 Å². The monoisotopic (exact) mass is 369 g/mol. The van der Waals surface area contributed by atoms with E-state index < -0.39 is 6.04 Å². The number of nitrogens with zero attached hydrogens (tertiary/aromatic N) is 1. The second kappa shape index (κ2) is 7.11. The molecule has 1 amide bonds. The van der Waals surface area contributed by atoms with Gasteiger partial charge in [-0.2, -0.15) is 11.8 Å². The summed E-state index contributed by atoms with van der Waals surface area (Å²) < 4.78 is 6.08. The maximum atomic E-state index is 12.9. The van der Waals surface area contributed by atoms with Crippen LogP contribution < -0.4 is 0 Å². The van der Waals surface area contributed by atoms with Crippen molar-refractivity contribution >= 4 is 56.7 Å². The first-order valence-corrected chi connectivity index (χ1v) is 9.70. The normalized spacial score (nSPS) is 18.2. The van der Waals surface area contributed by atoms with Crippen molar-refractivity contribution in [2.75, 3.05) is 24.7 Å². The summed E-state index contributed by atoms with van der Waals surface area (Å²) in [5.74, 6) is 0.844. The quantitative estimate of drug-likeness (QED) is 0.774. The number of carbonyl (C=O) groups is 2. The van der Waals surface area contributed by atoms with Crippen molar-refractivity contribution in [2.24, 2.45) is 0 Å². The predicted molar refractivity (Wildman–Crippen MR) is 95.6 cm³/mol. The average Bonchev–Trinajstić information content (AvgIpc) is 2.92. The average molecular weight is 370 g/mol. The van der Waals surface area contributed by atoms with E-state index in [1.807, 2.05) is 24.3 Å². The Hall–Kier alpha value is -1.24. The van der Waals surface area contributed by atoms with E-state index in [4.69, 9.17) is 16.3 Å². The lowest BCUT2D eigenvalue weighted by atomic mass is 10.2. The Bertz CT molecular complexity index is 746. The number of thioether (sulfide) groups is 1. The van der Waals surface area contributed by atoms with E-state index in [0.717, 1.165) is 15.8 Å². The van der Waals surface area contributed by atoms with Gasteiger partial charge in [-0.25, -0.2) is 4.79 Å². The van der Waals surface area contributed by atoms with E-state index in [9.17, 15) is 9.59 Å². The molecule has 0 bridgehead atoms. The third-order valence-corrected chi connectivity index (χ3v) is 6.36. The Labute approximate surface area is 147 Å². The highest BCUT2D eigenvalue weighted by Crippen LogP contribution is 2.36. The molecule has 1 saturated heterocycles. The molecule has 4 nitrogen and oxygen atoms in total. The van der Waals surface area contributed by atoms with Crippen molar-refractivity contribution in [3.05, 3.63) is 34.2 Å². The molecule has 1 aliphatic rings. The highest BCUT2D eigenvalue weighted by Gasteiger charge is 2.35. The molecule has 0 spiro atoms. The van der Waals surface area contributed by atoms with Crippen LogP contribution in [0.3, 0.4) is 0 Å². The summed E-state index contributed by atoms with van der Waals surface area (Å²) in [5.41, 5.74) is 0. The molecule has 1 fully saturated rings. The molecule has 1 aliphatic heterocycles. The lowest BCUT2D eigenvalue weighted by molar-refractivity contribution is -0.147. The Morgan fingerprint density at radius 2 is 2.17 bits per heavy atom. The van der Waals surface area contributed by atoms with Crippen LogP contribution in [0.2, 0.25) is 5.02 Å². The molecule has 3 rings (SSSR count). The zero-order valence-corrected chi connectivity index (χ0v) is 15.0. The van der Waals surface area contributed by atoms with E-state index in [0.29, 0.717) is 28.8 Å². The Morgan fingerprint density at radius 3 is 2.91 bits per heavy atom. The molecule has 0 unspecified atom stereocenters. The Balaban J connectivity index is 1.93. The van der Waals surface area contributed by atoms with Crippen LogP contribution in [0.5, 0.6) is 0 Å². The minimum atomic E-state index is -0.539. The van der Waals surface area contributed by atoms with Crippen molar-refractivity contribution < 1.29 is 14.3 Å². The van der Waals surface area contributed by atoms with Gasteiger partial charge in [0.2, 0.25) is 0 Å². The number of fused-ring (bicyclic) bond motifs is 1. The number of benzene rings is 1. The number of esters is 1. The maximum Gasteiger partial charge on any atom is 0.329 e. The van der Waals surface area contributed by atoms with E-state index in [1.54, 1.807) is 23.6 Å². The second-order valence-corrected chi connectivity index (χ2v) is 7.66. The number of rotatable bonds is 3. The van der Waals surface area contributed by atoms with Crippen molar-refractivity contribution in [3.63, 3.8) is 0 Å². The highest BCUT2D eigenvalue weighted by atomic mass is 35.5. The number of carbonyl (C=O) groups excluding carboxylic acids is 2. The SMILES string of the molecule is CCOC(=O)[C@H]1CSCCN1C(=O)c1sc2ccccc2c1Cl. The molecule has 122 valence electrons. The van der Waals surface area contributed by atoms with Gasteiger partial charge in [-0.1, -0.05) is 29.8 Å². The minimum absolute atomic E-state index is 0.186. The zero-order chi connectivity index (χ0) is 16.4. The zero-order valence-electron chi connectivity index (χ0n) is 12.6. The van der Waals surface area contributed by atoms with Crippen LogP contribution in [-0.2, 0) is 9.53 Å². The number of hydrogen-bond acceptors (Lipinski definition) is 5. The number of amides is 1. The summed E-state index contributed by atoms with van der Waals surface area (Å²) in [6.45, 7) is 2.60. The largest absolute Gasteiger partial charge is 0.464 e. The fraction of sp³-hybridized carbons (Fsp3) is 0.375. The van der Waals surface area contributed by atoms with Gasteiger partial charge in [0.25, 0.3) is 5.91 Å². The molecular formula is C16H16ClNO3S2. The van der Waals surface area contributed by atoms with Gasteiger partial charge in [0.1, 0.15) is 10.9 Å². The van der Waals surface area contributed by atoms with Gasteiger partial charge in [-0.05, 0) is 13.0 Å². The topological polar surface area (TPSA) is 46.6 Å². The van der Waals surface area contributed by atoms with Gasteiger partial charge >= 0.3 is 5.97 Å². The molecule has 1 aromatic carbocycles. The summed E-state index contributed by atoms with van der Waals surface area (Å²) in [5, 5.41) is 1.35. The smallest absolute Gasteiger partial charge is 0.329 e. The molecule has 2 heterocycles. The molecule has 23 heavy (non-hydrogen) atoms. The summed E-state index contributed by atoms with van der Waals surface area (Å²) in [6.07, 6.45) is 0. The summed E-state index contributed by atoms with van der Waals surface area (Å²) in [6, 6.07) is 7.12. The molecule has 1 aromatic heterocycles. The molecule has 1 atom stereocenters. The summed E-state index contributed by atoms with van der Waals surface area (Å²) >= 11 is 9.43. The van der Waals surface area contributed by atoms with Crippen molar-refractivity contribution in [2.45, 2.75) is 13.0 Å². The molecule has 0 radical (unpaired) electrons. The van der Waals surface area contributed by atoms with Gasteiger partial charge < -0.3 is 9.64 Å². The van der Waals surface area contributed by atoms with E-state index in [2.05, 4.69) is 0 Å². The van der Waals surface area contributed by atoms with Crippen molar-refractivity contribution in [1.29, 1.82) is 0 Å². The van der Waals surface area contributed by atoms with Gasteiger partial charge in [-0.15, -0.1) is 11.3 Å². The summed E-state index contributed by atoms with van der Waals surface area (Å²) in [4.78, 5) is 27.2. The molecule has 0 N–H and O–H groups in total. The minimum Gasteiger partial charge on any atom is -0.464 e. The molecule has 0 aliphatic carbocycles. The Morgan fingerprint density at radius 1 is 1.39 bits per heavy atom. The fourth-order valence-electron chi connectivity index (χ4n) is 2.56. The number of ether oxygens (including phenoxy) is 1. The Kier molecular flexibility index (Phi) is 5.14. The van der Waals surface area contributed by atoms with Crippen LogP contribution >= 0.6 is 34.7 Å². The van der Waals surface area contributed by atoms with E-state index in [1.165, 1.54) is 11.3 Å². The standard InChI is InChI=1S/C16H16ClNO3S2/c1-2-21-16(20)11-9-22-8-7-18(11)15(19)14-13(17)10-5-3-4-6-12(10)23-14/h3-6,11H,2,7-9H2,1H3/t11-/m1/s1.